The number of carbonyl (C=O) groups excluding carboxylic acids is 1. The molecule has 0 aromatic carbocycles. The molecule has 6 nitrogen and oxygen atoms in total. The second kappa shape index (κ2) is 7.37. The molecule has 1 aromatic rings. The van der Waals surface area contributed by atoms with Gasteiger partial charge in [0.15, 0.2) is 0 Å². The quantitative estimate of drug-likeness (QED) is 0.598. The topological polar surface area (TPSA) is 98.0 Å². The van der Waals surface area contributed by atoms with Crippen LogP contribution in [0.2, 0.25) is 0 Å². The number of aliphatic hydroxyl groups is 1. The fourth-order valence-electron chi connectivity index (χ4n) is 1.26. The SMILES string of the molecule is CC(O)CNCCNC(=O)c1ccc(C#N)cn1. The van der Waals surface area contributed by atoms with Crippen molar-refractivity contribution in [3.63, 3.8) is 0 Å². The van der Waals surface area contributed by atoms with Crippen molar-refractivity contribution in [3.8, 4) is 6.07 Å². The molecule has 0 saturated heterocycles. The molecule has 0 aliphatic carbocycles. The van der Waals surface area contributed by atoms with E-state index in [9.17, 15) is 4.79 Å². The van der Waals surface area contributed by atoms with Crippen LogP contribution in [0.5, 0.6) is 0 Å². The van der Waals surface area contributed by atoms with E-state index in [1.807, 2.05) is 6.07 Å². The van der Waals surface area contributed by atoms with Crippen molar-refractivity contribution >= 4 is 5.91 Å². The van der Waals surface area contributed by atoms with E-state index in [4.69, 9.17) is 10.4 Å². The average molecular weight is 248 g/mol. The van der Waals surface area contributed by atoms with Crippen LogP contribution in [0.1, 0.15) is 23.0 Å². The lowest BCUT2D eigenvalue weighted by Crippen LogP contribution is -2.34. The Bertz CT molecular complexity index is 423. The maximum atomic E-state index is 11.6. The summed E-state index contributed by atoms with van der Waals surface area (Å²) in [6, 6.07) is 5.00. The lowest BCUT2D eigenvalue weighted by Gasteiger charge is -2.07. The van der Waals surface area contributed by atoms with Crippen LogP contribution in [-0.4, -0.2) is 41.7 Å². The molecule has 18 heavy (non-hydrogen) atoms. The molecule has 1 unspecified atom stereocenters. The fourth-order valence-corrected chi connectivity index (χ4v) is 1.26. The number of hydrogen-bond acceptors (Lipinski definition) is 5. The van der Waals surface area contributed by atoms with Crippen LogP contribution >= 0.6 is 0 Å². The van der Waals surface area contributed by atoms with Crippen molar-refractivity contribution in [3.05, 3.63) is 29.6 Å². The molecule has 0 radical (unpaired) electrons. The molecule has 1 amide bonds. The summed E-state index contributed by atoms with van der Waals surface area (Å²) in [5, 5.41) is 23.3. The van der Waals surface area contributed by atoms with Gasteiger partial charge in [0.25, 0.3) is 5.91 Å². The molecule has 0 spiro atoms. The molecule has 0 aliphatic rings. The normalized spacial score (nSPS) is 11.6. The molecular weight excluding hydrogens is 232 g/mol. The van der Waals surface area contributed by atoms with Gasteiger partial charge >= 0.3 is 0 Å². The van der Waals surface area contributed by atoms with Gasteiger partial charge in [0.05, 0.1) is 11.7 Å². The number of nitrogens with one attached hydrogen (secondary N) is 2. The number of pyridine rings is 1. The number of amides is 1. The van der Waals surface area contributed by atoms with Crippen LogP contribution in [-0.2, 0) is 0 Å². The molecule has 96 valence electrons. The van der Waals surface area contributed by atoms with Gasteiger partial charge in [-0.1, -0.05) is 0 Å². The summed E-state index contributed by atoms with van der Waals surface area (Å²) in [5.74, 6) is -0.279. The minimum absolute atomic E-state index is 0.279. The van der Waals surface area contributed by atoms with Crippen molar-refractivity contribution < 1.29 is 9.90 Å². The standard InChI is InChI=1S/C12H16N4O2/c1-9(17)7-14-4-5-15-12(18)11-3-2-10(6-13)8-16-11/h2-3,8-9,14,17H,4-5,7H2,1H3,(H,15,18). The zero-order chi connectivity index (χ0) is 13.4. The highest BCUT2D eigenvalue weighted by atomic mass is 16.3. The third-order valence-electron chi connectivity index (χ3n) is 2.15. The van der Waals surface area contributed by atoms with E-state index in [0.717, 1.165) is 0 Å². The smallest absolute Gasteiger partial charge is 0.269 e. The summed E-state index contributed by atoms with van der Waals surface area (Å²) in [7, 11) is 0. The maximum Gasteiger partial charge on any atom is 0.269 e. The predicted molar refractivity (Wildman–Crippen MR) is 65.8 cm³/mol. The average Bonchev–Trinajstić information content (AvgIpc) is 2.38. The van der Waals surface area contributed by atoms with Gasteiger partial charge in [-0.15, -0.1) is 0 Å². The Kier molecular flexibility index (Phi) is 5.77. The van der Waals surface area contributed by atoms with Crippen molar-refractivity contribution in [2.75, 3.05) is 19.6 Å². The van der Waals surface area contributed by atoms with E-state index < -0.39 is 6.10 Å². The van der Waals surface area contributed by atoms with Gasteiger partial charge < -0.3 is 15.7 Å². The van der Waals surface area contributed by atoms with Gasteiger partial charge in [-0.05, 0) is 19.1 Å². The Labute approximate surface area is 106 Å². The molecule has 0 fully saturated rings. The van der Waals surface area contributed by atoms with Crippen LogP contribution in [0, 0.1) is 11.3 Å². The number of carbonyl (C=O) groups is 1. The summed E-state index contributed by atoms with van der Waals surface area (Å²) in [6.45, 7) is 3.21. The number of nitrogens with zero attached hydrogens (tertiary/aromatic N) is 2. The van der Waals surface area contributed by atoms with Crippen LogP contribution in [0.3, 0.4) is 0 Å². The molecule has 1 atom stereocenters. The molecule has 3 N–H and O–H groups in total. The number of aromatic nitrogens is 1. The molecule has 0 saturated carbocycles. The largest absolute Gasteiger partial charge is 0.392 e. The Morgan fingerprint density at radius 3 is 2.89 bits per heavy atom. The number of hydrogen-bond donors (Lipinski definition) is 3. The third-order valence-corrected chi connectivity index (χ3v) is 2.15. The first-order valence-electron chi connectivity index (χ1n) is 5.66. The molecule has 1 rings (SSSR count). The summed E-state index contributed by atoms with van der Waals surface area (Å²) in [5.41, 5.74) is 0.703. The first-order chi connectivity index (χ1) is 8.63. The van der Waals surface area contributed by atoms with E-state index in [2.05, 4.69) is 15.6 Å². The molecule has 1 heterocycles. The summed E-state index contributed by atoms with van der Waals surface area (Å²) in [6.07, 6.45) is 0.960. The second-order valence-electron chi connectivity index (χ2n) is 3.85. The summed E-state index contributed by atoms with van der Waals surface area (Å²) < 4.78 is 0. The van der Waals surface area contributed by atoms with Crippen LogP contribution in [0.4, 0.5) is 0 Å². The van der Waals surface area contributed by atoms with Gasteiger partial charge in [0, 0.05) is 25.8 Å². The highest BCUT2D eigenvalue weighted by molar-refractivity contribution is 5.92. The van der Waals surface area contributed by atoms with E-state index in [1.165, 1.54) is 12.3 Å². The number of aliphatic hydroxyl groups excluding tert-OH is 1. The second-order valence-corrected chi connectivity index (χ2v) is 3.85. The van der Waals surface area contributed by atoms with E-state index >= 15 is 0 Å². The highest BCUT2D eigenvalue weighted by Gasteiger charge is 2.05. The maximum absolute atomic E-state index is 11.6. The monoisotopic (exact) mass is 248 g/mol. The van der Waals surface area contributed by atoms with Crippen LogP contribution in [0.25, 0.3) is 0 Å². The van der Waals surface area contributed by atoms with Gasteiger partial charge in [-0.25, -0.2) is 4.98 Å². The molecular formula is C12H16N4O2. The molecule has 1 aromatic heterocycles. The Morgan fingerprint density at radius 2 is 2.33 bits per heavy atom. The molecule has 6 heteroatoms. The minimum atomic E-state index is -0.402. The van der Waals surface area contributed by atoms with Crippen molar-refractivity contribution in [2.24, 2.45) is 0 Å². The Balaban J connectivity index is 2.30. The van der Waals surface area contributed by atoms with Crippen molar-refractivity contribution in [2.45, 2.75) is 13.0 Å². The lowest BCUT2D eigenvalue weighted by molar-refractivity contribution is 0.0948. The lowest BCUT2D eigenvalue weighted by atomic mass is 10.2. The predicted octanol–water partition coefficient (Wildman–Crippen LogP) is -0.347. The van der Waals surface area contributed by atoms with E-state index in [-0.39, 0.29) is 11.6 Å². The summed E-state index contributed by atoms with van der Waals surface area (Å²) >= 11 is 0. The molecule has 0 bridgehead atoms. The number of rotatable bonds is 6. The summed E-state index contributed by atoms with van der Waals surface area (Å²) in [4.78, 5) is 15.5. The van der Waals surface area contributed by atoms with Gasteiger partial charge in [-0.3, -0.25) is 4.79 Å². The first-order valence-corrected chi connectivity index (χ1v) is 5.66. The zero-order valence-electron chi connectivity index (χ0n) is 10.2. The number of nitriles is 1. The molecule has 0 aliphatic heterocycles. The highest BCUT2D eigenvalue weighted by Crippen LogP contribution is 1.98. The fraction of sp³-hybridized carbons (Fsp3) is 0.417. The Morgan fingerprint density at radius 1 is 1.56 bits per heavy atom. The van der Waals surface area contributed by atoms with Gasteiger partial charge in [-0.2, -0.15) is 5.26 Å². The van der Waals surface area contributed by atoms with E-state index in [0.29, 0.717) is 25.2 Å². The van der Waals surface area contributed by atoms with Crippen molar-refractivity contribution in [1.29, 1.82) is 5.26 Å². The first kappa shape index (κ1) is 14.1. The van der Waals surface area contributed by atoms with Crippen LogP contribution in [0.15, 0.2) is 18.3 Å². The zero-order valence-corrected chi connectivity index (χ0v) is 10.2. The van der Waals surface area contributed by atoms with Crippen LogP contribution < -0.4 is 10.6 Å². The van der Waals surface area contributed by atoms with Gasteiger partial charge in [0.1, 0.15) is 11.8 Å². The van der Waals surface area contributed by atoms with E-state index in [1.54, 1.807) is 13.0 Å². The van der Waals surface area contributed by atoms with Gasteiger partial charge in [0.2, 0.25) is 0 Å². The minimum Gasteiger partial charge on any atom is -0.392 e. The third kappa shape index (κ3) is 4.91. The van der Waals surface area contributed by atoms with Crippen molar-refractivity contribution in [1.82, 2.24) is 15.6 Å². The Hall–Kier alpha value is -1.97.